The van der Waals surface area contributed by atoms with Gasteiger partial charge in [-0.1, -0.05) is 146 Å². The van der Waals surface area contributed by atoms with Crippen molar-refractivity contribution in [3.8, 4) is 22.3 Å². The molecule has 0 fully saturated rings. The first-order valence-electron chi connectivity index (χ1n) is 14.1. The van der Waals surface area contributed by atoms with E-state index in [0.717, 1.165) is 7.11 Å². The van der Waals surface area contributed by atoms with Gasteiger partial charge < -0.3 is 5.11 Å². The van der Waals surface area contributed by atoms with E-state index >= 15 is 0 Å². The van der Waals surface area contributed by atoms with E-state index in [1.54, 1.807) is 0 Å². The summed E-state index contributed by atoms with van der Waals surface area (Å²) in [5.41, 5.74) is 10.1. The smallest absolute Gasteiger partial charge is 0.0714 e. The maximum atomic E-state index is 7.00. The number of rotatable bonds is 3. The first kappa shape index (κ1) is 25.0. The molecule has 1 nitrogen and oxygen atoms in total. The van der Waals surface area contributed by atoms with Gasteiger partial charge in [0.05, 0.1) is 5.41 Å². The van der Waals surface area contributed by atoms with Crippen LogP contribution in [0.5, 0.6) is 0 Å². The second-order valence-corrected chi connectivity index (χ2v) is 10.5. The van der Waals surface area contributed by atoms with E-state index in [1.165, 1.54) is 66.1 Å². The lowest BCUT2D eigenvalue weighted by atomic mass is 9.67. The molecule has 0 aliphatic heterocycles. The number of fused-ring (bicyclic) bond motifs is 6. The Hall–Kier alpha value is -4.98. The summed E-state index contributed by atoms with van der Waals surface area (Å²) in [6.07, 6.45) is 0. The van der Waals surface area contributed by atoms with Gasteiger partial charge in [-0.25, -0.2) is 0 Å². The number of aliphatic hydroxyl groups is 1. The van der Waals surface area contributed by atoms with Crippen molar-refractivity contribution in [2.75, 3.05) is 7.11 Å². The van der Waals surface area contributed by atoms with E-state index < -0.39 is 5.41 Å². The van der Waals surface area contributed by atoms with Crippen molar-refractivity contribution < 1.29 is 5.11 Å². The van der Waals surface area contributed by atoms with Crippen molar-refractivity contribution in [3.05, 3.63) is 180 Å². The minimum atomic E-state index is -0.413. The standard InChI is InChI=1S/C39H26.CH4O/c1-3-15-30(16-4-1)39(31-17-5-2-6-18-31)36-22-12-11-21-34(36)38-33-20-10-9-19-32(33)35(26-37(38)39)29-24-23-27-13-7-8-14-28(27)25-29;1-2/h1-26H;2H,1H3. The Labute approximate surface area is 241 Å². The maximum Gasteiger partial charge on any atom is 0.0714 e. The third-order valence-corrected chi connectivity index (χ3v) is 8.52. The van der Waals surface area contributed by atoms with Crippen LogP contribution in [-0.4, -0.2) is 12.2 Å². The van der Waals surface area contributed by atoms with Crippen molar-refractivity contribution >= 4 is 21.5 Å². The lowest BCUT2D eigenvalue weighted by Gasteiger charge is -2.34. The Balaban J connectivity index is 0.00000135. The molecule has 1 aliphatic carbocycles. The molecular weight excluding hydrogens is 496 g/mol. The molecule has 8 rings (SSSR count). The lowest BCUT2D eigenvalue weighted by molar-refractivity contribution is 0.399. The zero-order valence-corrected chi connectivity index (χ0v) is 23.0. The Kier molecular flexibility index (Phi) is 6.23. The molecule has 0 unspecified atom stereocenters. The van der Waals surface area contributed by atoms with Crippen molar-refractivity contribution in [3.63, 3.8) is 0 Å². The van der Waals surface area contributed by atoms with Crippen molar-refractivity contribution in [1.82, 2.24) is 0 Å². The molecule has 41 heavy (non-hydrogen) atoms. The lowest BCUT2D eigenvalue weighted by Crippen LogP contribution is -2.28. The highest BCUT2D eigenvalue weighted by Gasteiger charge is 2.46. The van der Waals surface area contributed by atoms with E-state index in [0.29, 0.717) is 0 Å². The summed E-state index contributed by atoms with van der Waals surface area (Å²) in [7, 11) is 1.00. The largest absolute Gasteiger partial charge is 0.400 e. The van der Waals surface area contributed by atoms with Crippen LogP contribution in [0.3, 0.4) is 0 Å². The molecule has 0 atom stereocenters. The van der Waals surface area contributed by atoms with Gasteiger partial charge >= 0.3 is 0 Å². The molecule has 0 bridgehead atoms. The number of hydrogen-bond donors (Lipinski definition) is 1. The molecule has 0 saturated heterocycles. The van der Waals surface area contributed by atoms with Gasteiger partial charge in [0.2, 0.25) is 0 Å². The molecule has 0 amide bonds. The molecule has 7 aromatic carbocycles. The topological polar surface area (TPSA) is 20.2 Å². The Morgan fingerprint density at radius 3 is 1.68 bits per heavy atom. The zero-order chi connectivity index (χ0) is 27.8. The minimum Gasteiger partial charge on any atom is -0.400 e. The van der Waals surface area contributed by atoms with Gasteiger partial charge in [-0.05, 0) is 78.2 Å². The Bertz CT molecular complexity index is 1970. The van der Waals surface area contributed by atoms with Gasteiger partial charge in [0.15, 0.2) is 0 Å². The van der Waals surface area contributed by atoms with Gasteiger partial charge in [0.1, 0.15) is 0 Å². The van der Waals surface area contributed by atoms with Crippen LogP contribution in [0.25, 0.3) is 43.8 Å². The summed E-state index contributed by atoms with van der Waals surface area (Å²) in [4.78, 5) is 0. The number of aliphatic hydroxyl groups excluding tert-OH is 1. The first-order chi connectivity index (χ1) is 20.4. The third kappa shape index (κ3) is 3.74. The minimum absolute atomic E-state index is 0.413. The quantitative estimate of drug-likeness (QED) is 0.243. The molecule has 0 spiro atoms. The molecule has 0 radical (unpaired) electrons. The number of benzene rings is 7. The molecule has 7 aromatic rings. The Morgan fingerprint density at radius 2 is 0.976 bits per heavy atom. The normalized spacial score (nSPS) is 12.8. The van der Waals surface area contributed by atoms with Crippen LogP contribution in [0.1, 0.15) is 22.3 Å². The van der Waals surface area contributed by atoms with Gasteiger partial charge in [0.25, 0.3) is 0 Å². The molecule has 0 heterocycles. The molecule has 0 aromatic heterocycles. The molecule has 1 heteroatoms. The third-order valence-electron chi connectivity index (χ3n) is 8.52. The van der Waals surface area contributed by atoms with Crippen molar-refractivity contribution in [1.29, 1.82) is 0 Å². The molecule has 1 aliphatic rings. The van der Waals surface area contributed by atoms with Crippen LogP contribution in [-0.2, 0) is 5.41 Å². The maximum absolute atomic E-state index is 7.00. The fourth-order valence-electron chi connectivity index (χ4n) is 6.90. The average molecular weight is 527 g/mol. The second-order valence-electron chi connectivity index (χ2n) is 10.5. The summed E-state index contributed by atoms with van der Waals surface area (Å²) < 4.78 is 0. The van der Waals surface area contributed by atoms with Crippen LogP contribution >= 0.6 is 0 Å². The fraction of sp³-hybridized carbons (Fsp3) is 0.0500. The van der Waals surface area contributed by atoms with Gasteiger partial charge in [-0.2, -0.15) is 0 Å². The predicted molar refractivity (Wildman–Crippen MR) is 172 cm³/mol. The highest BCUT2D eigenvalue weighted by atomic mass is 16.2. The van der Waals surface area contributed by atoms with Gasteiger partial charge in [-0.3, -0.25) is 0 Å². The van der Waals surface area contributed by atoms with E-state index in [-0.39, 0.29) is 0 Å². The van der Waals surface area contributed by atoms with Crippen LogP contribution in [0, 0.1) is 0 Å². The summed E-state index contributed by atoms with van der Waals surface area (Å²) >= 11 is 0. The fourth-order valence-corrected chi connectivity index (χ4v) is 6.90. The highest BCUT2D eigenvalue weighted by molar-refractivity contribution is 6.10. The Morgan fingerprint density at radius 1 is 0.415 bits per heavy atom. The molecule has 1 N–H and O–H groups in total. The molecule has 196 valence electrons. The van der Waals surface area contributed by atoms with Gasteiger partial charge in [-0.15, -0.1) is 0 Å². The van der Waals surface area contributed by atoms with E-state index in [2.05, 4.69) is 158 Å². The first-order valence-corrected chi connectivity index (χ1v) is 14.1. The average Bonchev–Trinajstić information content (AvgIpc) is 3.37. The number of hydrogen-bond acceptors (Lipinski definition) is 1. The summed E-state index contributed by atoms with van der Waals surface area (Å²) in [5, 5.41) is 12.1. The van der Waals surface area contributed by atoms with Crippen LogP contribution in [0.4, 0.5) is 0 Å². The highest BCUT2D eigenvalue weighted by Crippen LogP contribution is 2.58. The SMILES string of the molecule is CO.c1ccc(C2(c3ccccc3)c3ccccc3-c3c2cc(-c2ccc4ccccc4c2)c2ccccc32)cc1. The summed E-state index contributed by atoms with van der Waals surface area (Å²) in [6, 6.07) is 58.1. The van der Waals surface area contributed by atoms with Crippen molar-refractivity contribution in [2.24, 2.45) is 0 Å². The van der Waals surface area contributed by atoms with Crippen LogP contribution in [0.2, 0.25) is 0 Å². The van der Waals surface area contributed by atoms with Crippen molar-refractivity contribution in [2.45, 2.75) is 5.41 Å². The summed E-state index contributed by atoms with van der Waals surface area (Å²) in [6.45, 7) is 0. The molecular formula is C40H30O. The summed E-state index contributed by atoms with van der Waals surface area (Å²) in [5.74, 6) is 0. The van der Waals surface area contributed by atoms with Crippen LogP contribution in [0.15, 0.2) is 158 Å². The van der Waals surface area contributed by atoms with E-state index in [9.17, 15) is 0 Å². The van der Waals surface area contributed by atoms with Crippen LogP contribution < -0.4 is 0 Å². The van der Waals surface area contributed by atoms with E-state index in [1.807, 2.05) is 0 Å². The predicted octanol–water partition coefficient (Wildman–Crippen LogP) is 9.63. The monoisotopic (exact) mass is 526 g/mol. The van der Waals surface area contributed by atoms with E-state index in [4.69, 9.17) is 5.11 Å². The second kappa shape index (κ2) is 10.2. The molecule has 0 saturated carbocycles. The van der Waals surface area contributed by atoms with Gasteiger partial charge in [0, 0.05) is 7.11 Å². The zero-order valence-electron chi connectivity index (χ0n) is 23.0.